The first kappa shape index (κ1) is 11.4. The van der Waals surface area contributed by atoms with Gasteiger partial charge in [0, 0.05) is 6.04 Å². The Morgan fingerprint density at radius 2 is 2.00 bits per heavy atom. The number of hydrogen-bond donors (Lipinski definition) is 1. The molecule has 0 heterocycles. The molecule has 0 saturated carbocycles. The summed E-state index contributed by atoms with van der Waals surface area (Å²) in [5, 5.41) is 3.12. The van der Waals surface area contributed by atoms with E-state index in [-0.39, 0.29) is 0 Å². The summed E-state index contributed by atoms with van der Waals surface area (Å²) in [5.41, 5.74) is -0.591. The van der Waals surface area contributed by atoms with Crippen molar-refractivity contribution in [1.82, 2.24) is 5.32 Å². The average Bonchev–Trinajstić information content (AvgIpc) is 1.84. The topological polar surface area (TPSA) is 24.4 Å². The van der Waals surface area contributed by atoms with Crippen LogP contribution >= 0.6 is 0 Å². The zero-order chi connectivity index (χ0) is 9.78. The minimum absolute atomic E-state index is 0.351. The molecule has 0 atom stereocenters. The van der Waals surface area contributed by atoms with E-state index in [1.165, 1.54) is 0 Å². The van der Waals surface area contributed by atoms with Crippen molar-refractivity contribution < 1.29 is 4.39 Å². The van der Waals surface area contributed by atoms with Crippen molar-refractivity contribution in [3.05, 3.63) is 0 Å². The molecule has 12 heavy (non-hydrogen) atoms. The molecule has 0 aromatic heterocycles. The first-order chi connectivity index (χ1) is 5.37. The molecule has 0 bridgehead atoms. The van der Waals surface area contributed by atoms with E-state index >= 15 is 0 Å². The lowest BCUT2D eigenvalue weighted by Crippen LogP contribution is -2.32. The van der Waals surface area contributed by atoms with Gasteiger partial charge in [0.05, 0.1) is 11.4 Å². The Labute approximate surface area is 74.3 Å². The van der Waals surface area contributed by atoms with E-state index in [2.05, 4.69) is 10.3 Å². The molecule has 0 aromatic rings. The van der Waals surface area contributed by atoms with Crippen LogP contribution in [0.1, 0.15) is 34.6 Å². The number of hydrogen-bond acceptors (Lipinski definition) is 1. The molecule has 3 heteroatoms. The Bertz CT molecular complexity index is 162. The Morgan fingerprint density at radius 1 is 1.50 bits per heavy atom. The van der Waals surface area contributed by atoms with Gasteiger partial charge in [-0.05, 0) is 34.6 Å². The van der Waals surface area contributed by atoms with Gasteiger partial charge >= 0.3 is 0 Å². The Kier molecular flexibility index (Phi) is 4.21. The normalized spacial score (nSPS) is 13.8. The maximum atomic E-state index is 12.3. The van der Waals surface area contributed by atoms with Gasteiger partial charge in [-0.15, -0.1) is 0 Å². The standard InChI is InChI=1S/C9H19FN2/c1-7(2)11-8(3)12-9(4,5)6-10/h7H,6H2,1-5H3,(H,11,12). The van der Waals surface area contributed by atoms with Crippen molar-refractivity contribution in [3.63, 3.8) is 0 Å². The van der Waals surface area contributed by atoms with Gasteiger partial charge in [0.1, 0.15) is 6.67 Å². The minimum atomic E-state index is -0.591. The second kappa shape index (κ2) is 4.43. The number of nitrogens with one attached hydrogen (secondary N) is 1. The molecule has 0 amide bonds. The fraction of sp³-hybridized carbons (Fsp3) is 0.889. The van der Waals surface area contributed by atoms with Gasteiger partial charge in [-0.25, -0.2) is 4.39 Å². The van der Waals surface area contributed by atoms with Gasteiger partial charge in [-0.1, -0.05) is 0 Å². The van der Waals surface area contributed by atoms with Gasteiger partial charge < -0.3 is 5.32 Å². The van der Waals surface area contributed by atoms with Crippen LogP contribution in [0.15, 0.2) is 4.99 Å². The number of halogens is 1. The summed E-state index contributed by atoms with van der Waals surface area (Å²) in [5.74, 6) is 0.799. The van der Waals surface area contributed by atoms with Gasteiger partial charge in [0.2, 0.25) is 0 Å². The van der Waals surface area contributed by atoms with Crippen molar-refractivity contribution in [2.24, 2.45) is 4.99 Å². The van der Waals surface area contributed by atoms with E-state index in [1.807, 2.05) is 20.8 Å². The second-order valence-corrected chi connectivity index (χ2v) is 3.94. The van der Waals surface area contributed by atoms with E-state index in [9.17, 15) is 4.39 Å². The molecule has 0 rings (SSSR count). The number of rotatable bonds is 3. The summed E-state index contributed by atoms with van der Waals surface area (Å²) < 4.78 is 12.3. The number of amidine groups is 1. The third-order valence-electron chi connectivity index (χ3n) is 1.29. The summed E-state index contributed by atoms with van der Waals surface area (Å²) >= 11 is 0. The van der Waals surface area contributed by atoms with Crippen LogP contribution in [-0.2, 0) is 0 Å². The molecule has 0 unspecified atom stereocenters. The zero-order valence-corrected chi connectivity index (χ0v) is 8.61. The summed E-state index contributed by atoms with van der Waals surface area (Å²) in [6.45, 7) is 9.04. The molecule has 0 aliphatic carbocycles. The Balaban J connectivity index is 4.15. The summed E-state index contributed by atoms with van der Waals surface area (Å²) in [6, 6.07) is 0.351. The number of nitrogens with zero attached hydrogens (tertiary/aromatic N) is 1. The molecule has 0 fully saturated rings. The van der Waals surface area contributed by atoms with Crippen LogP contribution in [0.4, 0.5) is 4.39 Å². The lowest BCUT2D eigenvalue weighted by Gasteiger charge is -2.18. The van der Waals surface area contributed by atoms with Crippen LogP contribution in [-0.4, -0.2) is 24.1 Å². The van der Waals surface area contributed by atoms with Gasteiger partial charge in [-0.3, -0.25) is 4.99 Å². The highest BCUT2D eigenvalue weighted by Crippen LogP contribution is 2.08. The van der Waals surface area contributed by atoms with Crippen LogP contribution in [0.25, 0.3) is 0 Å². The predicted molar refractivity (Wildman–Crippen MR) is 51.4 cm³/mol. The third kappa shape index (κ3) is 5.10. The van der Waals surface area contributed by atoms with Crippen LogP contribution in [0.2, 0.25) is 0 Å². The van der Waals surface area contributed by atoms with Crippen molar-refractivity contribution in [1.29, 1.82) is 0 Å². The van der Waals surface area contributed by atoms with Crippen LogP contribution < -0.4 is 5.32 Å². The average molecular weight is 174 g/mol. The highest BCUT2D eigenvalue weighted by molar-refractivity contribution is 5.80. The van der Waals surface area contributed by atoms with E-state index in [4.69, 9.17) is 0 Å². The first-order valence-electron chi connectivity index (χ1n) is 4.26. The molecule has 0 aliphatic heterocycles. The van der Waals surface area contributed by atoms with Crippen molar-refractivity contribution in [3.8, 4) is 0 Å². The van der Waals surface area contributed by atoms with Crippen LogP contribution in [0, 0.1) is 0 Å². The first-order valence-corrected chi connectivity index (χ1v) is 4.26. The molecule has 1 N–H and O–H groups in total. The number of alkyl halides is 1. The highest BCUT2D eigenvalue weighted by atomic mass is 19.1. The SMILES string of the molecule is C/C(=N/C(C)(C)CF)NC(C)C. The molecule has 0 radical (unpaired) electrons. The molecular weight excluding hydrogens is 155 g/mol. The monoisotopic (exact) mass is 174 g/mol. The van der Waals surface area contributed by atoms with Gasteiger partial charge in [-0.2, -0.15) is 0 Å². The van der Waals surface area contributed by atoms with Crippen molar-refractivity contribution in [2.75, 3.05) is 6.67 Å². The smallest absolute Gasteiger partial charge is 0.114 e. The maximum Gasteiger partial charge on any atom is 0.114 e. The molecule has 0 spiro atoms. The van der Waals surface area contributed by atoms with Gasteiger partial charge in [0.25, 0.3) is 0 Å². The quantitative estimate of drug-likeness (QED) is 0.514. The minimum Gasteiger partial charge on any atom is -0.372 e. The third-order valence-corrected chi connectivity index (χ3v) is 1.29. The van der Waals surface area contributed by atoms with Crippen molar-refractivity contribution >= 4 is 5.84 Å². The number of aliphatic imine (C=N–C) groups is 1. The van der Waals surface area contributed by atoms with Crippen LogP contribution in [0.3, 0.4) is 0 Å². The maximum absolute atomic E-state index is 12.3. The summed E-state index contributed by atoms with van der Waals surface area (Å²) in [7, 11) is 0. The fourth-order valence-electron chi connectivity index (χ4n) is 0.934. The lowest BCUT2D eigenvalue weighted by molar-refractivity contribution is 0.353. The summed E-state index contributed by atoms with van der Waals surface area (Å²) in [6.07, 6.45) is 0. The van der Waals surface area contributed by atoms with E-state index < -0.39 is 12.2 Å². The van der Waals surface area contributed by atoms with Gasteiger partial charge in [0.15, 0.2) is 0 Å². The zero-order valence-electron chi connectivity index (χ0n) is 8.61. The summed E-state index contributed by atoms with van der Waals surface area (Å²) in [4.78, 5) is 4.20. The van der Waals surface area contributed by atoms with Crippen LogP contribution in [0.5, 0.6) is 0 Å². The van der Waals surface area contributed by atoms with E-state index in [1.54, 1.807) is 13.8 Å². The van der Waals surface area contributed by atoms with Crippen molar-refractivity contribution in [2.45, 2.75) is 46.2 Å². The fourth-order valence-corrected chi connectivity index (χ4v) is 0.934. The molecule has 72 valence electrons. The molecular formula is C9H19FN2. The largest absolute Gasteiger partial charge is 0.372 e. The Morgan fingerprint density at radius 3 is 2.33 bits per heavy atom. The molecule has 0 saturated heterocycles. The lowest BCUT2D eigenvalue weighted by atomic mass is 10.1. The predicted octanol–water partition coefficient (Wildman–Crippen LogP) is 2.15. The molecule has 0 aromatic carbocycles. The molecule has 2 nitrogen and oxygen atoms in total. The Hall–Kier alpha value is -0.600. The van der Waals surface area contributed by atoms with E-state index in [0.29, 0.717) is 6.04 Å². The highest BCUT2D eigenvalue weighted by Gasteiger charge is 2.15. The second-order valence-electron chi connectivity index (χ2n) is 3.94. The van der Waals surface area contributed by atoms with E-state index in [0.717, 1.165) is 5.84 Å². The molecule has 0 aliphatic rings.